The molecule has 0 aromatic rings. The fourth-order valence-electron chi connectivity index (χ4n) is 0.516. The van der Waals surface area contributed by atoms with Gasteiger partial charge >= 0.3 is 0 Å². The molecular formula is C8H15NO. The molecule has 0 unspecified atom stereocenters. The highest BCUT2D eigenvalue weighted by Gasteiger charge is 1.97. The highest BCUT2D eigenvalue weighted by molar-refractivity contribution is 5.75. The summed E-state index contributed by atoms with van der Waals surface area (Å²) in [4.78, 5) is 12.5. The number of nitrogens with zero attached hydrogens (tertiary/aromatic N) is 1. The van der Waals surface area contributed by atoms with E-state index in [1.54, 1.807) is 6.92 Å². The first-order chi connectivity index (χ1) is 4.54. The summed E-state index contributed by atoms with van der Waals surface area (Å²) in [5, 5.41) is 0. The standard InChI is InChI=1S/C8H15NO/c1-7(2)9(4)6-5-8(3)10/h1,5-6H2,2-4H3. The van der Waals surface area contributed by atoms with Crippen LogP contribution >= 0.6 is 0 Å². The van der Waals surface area contributed by atoms with Gasteiger partial charge in [0, 0.05) is 25.7 Å². The Balaban J connectivity index is 3.49. The molecule has 2 heteroatoms. The lowest BCUT2D eigenvalue weighted by molar-refractivity contribution is -0.117. The molecule has 0 radical (unpaired) electrons. The van der Waals surface area contributed by atoms with Gasteiger partial charge in [0.05, 0.1) is 0 Å². The Bertz CT molecular complexity index is 140. The zero-order valence-electron chi connectivity index (χ0n) is 6.98. The normalized spacial score (nSPS) is 9.10. The maximum atomic E-state index is 10.5. The molecule has 0 saturated carbocycles. The summed E-state index contributed by atoms with van der Waals surface area (Å²) in [5.41, 5.74) is 1.00. The lowest BCUT2D eigenvalue weighted by Gasteiger charge is -2.17. The lowest BCUT2D eigenvalue weighted by Crippen LogP contribution is -2.18. The van der Waals surface area contributed by atoms with E-state index < -0.39 is 0 Å². The van der Waals surface area contributed by atoms with E-state index in [4.69, 9.17) is 0 Å². The predicted octanol–water partition coefficient (Wildman–Crippen LogP) is 1.43. The van der Waals surface area contributed by atoms with Gasteiger partial charge in [-0.25, -0.2) is 0 Å². The summed E-state index contributed by atoms with van der Waals surface area (Å²) in [6, 6.07) is 0. The third kappa shape index (κ3) is 4.13. The maximum absolute atomic E-state index is 10.5. The Hall–Kier alpha value is -0.790. The second-order valence-corrected chi connectivity index (χ2v) is 2.61. The molecule has 58 valence electrons. The molecule has 10 heavy (non-hydrogen) atoms. The molecule has 0 atom stereocenters. The highest BCUT2D eigenvalue weighted by atomic mass is 16.1. The van der Waals surface area contributed by atoms with Gasteiger partial charge in [0.25, 0.3) is 0 Å². The van der Waals surface area contributed by atoms with Crippen LogP contribution in [-0.4, -0.2) is 24.3 Å². The van der Waals surface area contributed by atoms with Gasteiger partial charge < -0.3 is 4.90 Å². The Morgan fingerprint density at radius 1 is 1.50 bits per heavy atom. The number of Topliss-reactive ketones (excluding diaryl/α,β-unsaturated/α-hetero) is 1. The van der Waals surface area contributed by atoms with Crippen molar-refractivity contribution in [3.05, 3.63) is 12.3 Å². The topological polar surface area (TPSA) is 20.3 Å². The zero-order valence-corrected chi connectivity index (χ0v) is 6.98. The Morgan fingerprint density at radius 2 is 2.00 bits per heavy atom. The van der Waals surface area contributed by atoms with Crippen molar-refractivity contribution in [3.63, 3.8) is 0 Å². The predicted molar refractivity (Wildman–Crippen MR) is 42.7 cm³/mol. The molecule has 0 rings (SSSR count). The van der Waals surface area contributed by atoms with Gasteiger partial charge in [0.15, 0.2) is 0 Å². The number of rotatable bonds is 4. The van der Waals surface area contributed by atoms with Gasteiger partial charge in [-0.2, -0.15) is 0 Å². The zero-order chi connectivity index (χ0) is 8.15. The first-order valence-electron chi connectivity index (χ1n) is 3.40. The molecule has 0 amide bonds. The fraction of sp³-hybridized carbons (Fsp3) is 0.625. The molecule has 0 aromatic carbocycles. The summed E-state index contributed by atoms with van der Waals surface area (Å²) in [5.74, 6) is 0.230. The van der Waals surface area contributed by atoms with Crippen molar-refractivity contribution in [2.24, 2.45) is 0 Å². The number of ketones is 1. The molecule has 0 bridgehead atoms. The van der Waals surface area contributed by atoms with E-state index in [0.717, 1.165) is 12.2 Å². The van der Waals surface area contributed by atoms with Gasteiger partial charge in [0.1, 0.15) is 5.78 Å². The molecule has 0 aliphatic heterocycles. The van der Waals surface area contributed by atoms with E-state index >= 15 is 0 Å². The van der Waals surface area contributed by atoms with Crippen molar-refractivity contribution in [2.45, 2.75) is 20.3 Å². The van der Waals surface area contributed by atoms with Crippen LogP contribution in [0.25, 0.3) is 0 Å². The first kappa shape index (κ1) is 9.21. The number of carbonyl (C=O) groups is 1. The van der Waals surface area contributed by atoms with E-state index in [9.17, 15) is 4.79 Å². The lowest BCUT2D eigenvalue weighted by atomic mass is 10.3. The summed E-state index contributed by atoms with van der Waals surface area (Å²) >= 11 is 0. The van der Waals surface area contributed by atoms with Crippen LogP contribution in [0.15, 0.2) is 12.3 Å². The largest absolute Gasteiger partial charge is 0.378 e. The van der Waals surface area contributed by atoms with Crippen molar-refractivity contribution in [1.29, 1.82) is 0 Å². The first-order valence-corrected chi connectivity index (χ1v) is 3.40. The highest BCUT2D eigenvalue weighted by Crippen LogP contribution is 1.96. The van der Waals surface area contributed by atoms with Crippen LogP contribution in [0.4, 0.5) is 0 Å². The van der Waals surface area contributed by atoms with Crippen LogP contribution < -0.4 is 0 Å². The minimum Gasteiger partial charge on any atom is -0.378 e. The molecule has 0 aliphatic rings. The third-order valence-corrected chi connectivity index (χ3v) is 1.45. The quantitative estimate of drug-likeness (QED) is 0.590. The fourth-order valence-corrected chi connectivity index (χ4v) is 0.516. The molecule has 0 fully saturated rings. The van der Waals surface area contributed by atoms with Crippen LogP contribution in [-0.2, 0) is 4.79 Å². The van der Waals surface area contributed by atoms with Crippen LogP contribution in [0.1, 0.15) is 20.3 Å². The van der Waals surface area contributed by atoms with Gasteiger partial charge in [0.2, 0.25) is 0 Å². The van der Waals surface area contributed by atoms with Crippen molar-refractivity contribution in [3.8, 4) is 0 Å². The van der Waals surface area contributed by atoms with Gasteiger partial charge in [-0.15, -0.1) is 0 Å². The maximum Gasteiger partial charge on any atom is 0.131 e. The van der Waals surface area contributed by atoms with E-state index in [2.05, 4.69) is 6.58 Å². The molecule has 0 heterocycles. The van der Waals surface area contributed by atoms with Crippen molar-refractivity contribution < 1.29 is 4.79 Å². The summed E-state index contributed by atoms with van der Waals surface area (Å²) in [6.07, 6.45) is 0.614. The van der Waals surface area contributed by atoms with Crippen LogP contribution in [0.5, 0.6) is 0 Å². The van der Waals surface area contributed by atoms with Gasteiger partial charge in [-0.1, -0.05) is 6.58 Å². The average Bonchev–Trinajstić information content (AvgIpc) is 1.82. The number of allylic oxidation sites excluding steroid dienone is 1. The summed E-state index contributed by atoms with van der Waals surface area (Å²) in [7, 11) is 1.94. The Kier molecular flexibility index (Phi) is 3.77. The minimum atomic E-state index is 0.230. The monoisotopic (exact) mass is 141 g/mol. The van der Waals surface area contributed by atoms with Gasteiger partial charge in [-0.05, 0) is 13.8 Å². The molecule has 0 aromatic heterocycles. The average molecular weight is 141 g/mol. The second kappa shape index (κ2) is 4.09. The molecule has 0 N–H and O–H groups in total. The van der Waals surface area contributed by atoms with E-state index in [-0.39, 0.29) is 5.78 Å². The van der Waals surface area contributed by atoms with Crippen LogP contribution in [0, 0.1) is 0 Å². The van der Waals surface area contributed by atoms with Crippen LogP contribution in [0.2, 0.25) is 0 Å². The third-order valence-electron chi connectivity index (χ3n) is 1.45. The SMILES string of the molecule is C=C(C)N(C)CCC(C)=O. The van der Waals surface area contributed by atoms with Crippen molar-refractivity contribution >= 4 is 5.78 Å². The minimum absolute atomic E-state index is 0.230. The van der Waals surface area contributed by atoms with E-state index in [0.29, 0.717) is 6.42 Å². The Morgan fingerprint density at radius 3 is 2.30 bits per heavy atom. The van der Waals surface area contributed by atoms with Crippen LogP contribution in [0.3, 0.4) is 0 Å². The van der Waals surface area contributed by atoms with Gasteiger partial charge in [-0.3, -0.25) is 4.79 Å². The van der Waals surface area contributed by atoms with Crippen molar-refractivity contribution in [2.75, 3.05) is 13.6 Å². The summed E-state index contributed by atoms with van der Waals surface area (Å²) in [6.45, 7) is 8.06. The number of hydrogen-bond acceptors (Lipinski definition) is 2. The molecule has 2 nitrogen and oxygen atoms in total. The number of hydrogen-bond donors (Lipinski definition) is 0. The molecule has 0 saturated heterocycles. The molecule has 0 aliphatic carbocycles. The number of carbonyl (C=O) groups excluding carboxylic acids is 1. The second-order valence-electron chi connectivity index (χ2n) is 2.61. The Labute approximate surface area is 62.5 Å². The van der Waals surface area contributed by atoms with E-state index in [1.807, 2.05) is 18.9 Å². The van der Waals surface area contributed by atoms with E-state index in [1.165, 1.54) is 0 Å². The van der Waals surface area contributed by atoms with Crippen molar-refractivity contribution in [1.82, 2.24) is 4.90 Å². The summed E-state index contributed by atoms with van der Waals surface area (Å²) < 4.78 is 0. The smallest absolute Gasteiger partial charge is 0.131 e. The molecular weight excluding hydrogens is 126 g/mol. The molecule has 0 spiro atoms.